The van der Waals surface area contributed by atoms with E-state index in [9.17, 15) is 24.7 Å². The molecule has 4 rings (SSSR count). The largest absolute Gasteiger partial charge is 0.456 e. The van der Waals surface area contributed by atoms with Gasteiger partial charge in [-0.2, -0.15) is 0 Å². The number of nitrogens with one attached hydrogen (secondary N) is 1. The van der Waals surface area contributed by atoms with E-state index in [1.807, 2.05) is 0 Å². The summed E-state index contributed by atoms with van der Waals surface area (Å²) in [5, 5.41) is 3.84. The molecule has 1 saturated heterocycles. The van der Waals surface area contributed by atoms with Crippen LogP contribution in [0, 0.1) is 6.92 Å². The maximum atomic E-state index is 12.5. The quantitative estimate of drug-likeness (QED) is 0.0682. The second-order valence-corrected chi connectivity index (χ2v) is 14.8. The summed E-state index contributed by atoms with van der Waals surface area (Å²) in [5.74, 6) is -0.888. The number of benzene rings is 2. The summed E-state index contributed by atoms with van der Waals surface area (Å²) in [5.41, 5.74) is 9.34. The molecule has 0 bridgehead atoms. The Hall–Kier alpha value is -4.36. The highest BCUT2D eigenvalue weighted by atomic mass is 31.2. The Kier molecular flexibility index (Phi) is 12.7. The molecule has 1 fully saturated rings. The van der Waals surface area contributed by atoms with E-state index in [4.69, 9.17) is 27.8 Å². The third kappa shape index (κ3) is 11.3. The van der Waals surface area contributed by atoms with Gasteiger partial charge in [0.05, 0.1) is 43.1 Å². The van der Waals surface area contributed by atoms with Crippen molar-refractivity contribution in [1.82, 2.24) is 9.55 Å². The lowest BCUT2D eigenvalue weighted by Crippen LogP contribution is -2.33. The van der Waals surface area contributed by atoms with E-state index in [2.05, 4.69) is 15.0 Å². The Morgan fingerprint density at radius 3 is 1.86 bits per heavy atom. The summed E-state index contributed by atoms with van der Waals surface area (Å²) in [7, 11) is -2.03. The normalized spacial score (nSPS) is 17.7. The molecular weight excluding hydrogens is 669 g/mol. The van der Waals surface area contributed by atoms with Crippen molar-refractivity contribution in [2.24, 2.45) is 5.11 Å². The number of carbonyl (C=O) groups excluding carboxylic acids is 2. The molecule has 3 atom stereocenters. The van der Waals surface area contributed by atoms with Crippen LogP contribution < -0.4 is 11.2 Å². The summed E-state index contributed by atoms with van der Waals surface area (Å²) >= 11 is 0. The molecule has 16 heteroatoms. The summed E-state index contributed by atoms with van der Waals surface area (Å²) in [6.07, 6.45) is -0.0312. The lowest BCUT2D eigenvalue weighted by atomic mass is 10.1. The highest BCUT2D eigenvalue weighted by molar-refractivity contribution is 7.41. The van der Waals surface area contributed by atoms with Crippen LogP contribution in [0.5, 0.6) is 0 Å². The molecule has 2 heterocycles. The number of aryl methyl sites for hydroxylation is 1. The monoisotopic (exact) mass is 711 g/mol. The summed E-state index contributed by atoms with van der Waals surface area (Å²) in [6.45, 7) is 12.3. The van der Waals surface area contributed by atoms with Crippen molar-refractivity contribution in [3.63, 3.8) is 0 Å². The number of azide groups is 1. The smallest absolute Gasteiger partial charge is 0.338 e. The SMILES string of the molecule is Cc1cn([C@H]2C[C@H](N=[N+]=[N-])[C@@H](COP(OCc3ccc(C(=O)OC(C)(C)C)cc3)OCc3ccc(C(=O)OC(C)(C)C)cc3)O2)c(=O)[nH]c1=O. The summed E-state index contributed by atoms with van der Waals surface area (Å²) < 4.78 is 36.3. The van der Waals surface area contributed by atoms with Crippen molar-refractivity contribution in [3.8, 4) is 0 Å². The van der Waals surface area contributed by atoms with Crippen molar-refractivity contribution in [3.05, 3.63) is 114 Å². The fourth-order valence-corrected chi connectivity index (χ4v) is 5.67. The van der Waals surface area contributed by atoms with Crippen molar-refractivity contribution in [2.75, 3.05) is 6.61 Å². The lowest BCUT2D eigenvalue weighted by Gasteiger charge is -2.21. The number of H-pyrrole nitrogens is 1. The predicted molar refractivity (Wildman–Crippen MR) is 183 cm³/mol. The number of hydrogen-bond donors (Lipinski definition) is 1. The molecular formula is C34H42N5O10P. The topological polar surface area (TPSA) is 193 Å². The van der Waals surface area contributed by atoms with Gasteiger partial charge in [-0.15, -0.1) is 0 Å². The molecule has 15 nitrogen and oxygen atoms in total. The molecule has 1 N–H and O–H groups in total. The molecule has 0 aliphatic carbocycles. The van der Waals surface area contributed by atoms with E-state index in [-0.39, 0.29) is 26.2 Å². The Morgan fingerprint density at radius 1 is 0.900 bits per heavy atom. The minimum Gasteiger partial charge on any atom is -0.456 e. The third-order valence-electron chi connectivity index (χ3n) is 7.05. The molecule has 268 valence electrons. The van der Waals surface area contributed by atoms with E-state index in [0.29, 0.717) is 16.7 Å². The van der Waals surface area contributed by atoms with Gasteiger partial charge in [0.25, 0.3) is 5.56 Å². The van der Waals surface area contributed by atoms with Gasteiger partial charge in [-0.05, 0) is 89.4 Å². The molecule has 50 heavy (non-hydrogen) atoms. The van der Waals surface area contributed by atoms with Crippen LogP contribution in [0.2, 0.25) is 0 Å². The maximum absolute atomic E-state index is 12.5. The van der Waals surface area contributed by atoms with Crippen molar-refractivity contribution in [2.45, 2.75) is 97.7 Å². The van der Waals surface area contributed by atoms with E-state index in [1.54, 1.807) is 97.0 Å². The van der Waals surface area contributed by atoms with Crippen molar-refractivity contribution >= 4 is 20.5 Å². The van der Waals surface area contributed by atoms with Gasteiger partial charge in [0, 0.05) is 23.1 Å². The van der Waals surface area contributed by atoms with E-state index in [1.165, 1.54) is 10.8 Å². The van der Waals surface area contributed by atoms with Gasteiger partial charge >= 0.3 is 26.2 Å². The average molecular weight is 712 g/mol. The number of esters is 2. The fourth-order valence-electron chi connectivity index (χ4n) is 4.67. The first-order valence-corrected chi connectivity index (χ1v) is 17.0. The Bertz CT molecular complexity index is 1730. The zero-order chi connectivity index (χ0) is 36.6. The number of rotatable bonds is 13. The van der Waals surface area contributed by atoms with E-state index >= 15 is 0 Å². The standard InChI is InChI=1S/C34H42N5O10P/c1-21-17-39(32(43)36-29(21)40)28-16-26(37-38-35)27(47-28)20-46-50(44-18-22-8-12-24(13-9-22)30(41)48-33(2,3)4)45-19-23-10-14-25(15-11-23)31(42)49-34(5,6)7/h8-15,17,26-28H,16,18-20H2,1-7H3,(H,36,40,43)/t26-,27+,28+/m0/s1. The first-order chi connectivity index (χ1) is 23.5. The predicted octanol–water partition coefficient (Wildman–Crippen LogP) is 6.40. The summed E-state index contributed by atoms with van der Waals surface area (Å²) in [4.78, 5) is 54.4. The first kappa shape index (κ1) is 38.4. The van der Waals surface area contributed by atoms with Crippen LogP contribution in [-0.4, -0.2) is 51.4 Å². The van der Waals surface area contributed by atoms with Crippen LogP contribution in [-0.2, 0) is 41.0 Å². The minimum atomic E-state index is -2.03. The second-order valence-electron chi connectivity index (χ2n) is 13.6. The zero-order valence-corrected chi connectivity index (χ0v) is 30.0. The van der Waals surface area contributed by atoms with Gasteiger partial charge in [-0.25, -0.2) is 14.4 Å². The Balaban J connectivity index is 1.46. The van der Waals surface area contributed by atoms with E-state index in [0.717, 1.165) is 11.1 Å². The van der Waals surface area contributed by atoms with Crippen LogP contribution in [0.15, 0.2) is 69.4 Å². The van der Waals surface area contributed by atoms with Crippen LogP contribution in [0.1, 0.15) is 91.6 Å². The van der Waals surface area contributed by atoms with Crippen LogP contribution in [0.25, 0.3) is 10.4 Å². The van der Waals surface area contributed by atoms with Gasteiger partial charge in [0.15, 0.2) is 0 Å². The number of nitrogens with zero attached hydrogens (tertiary/aromatic N) is 4. The highest BCUT2D eigenvalue weighted by Crippen LogP contribution is 2.43. The van der Waals surface area contributed by atoms with Crippen LogP contribution in [0.3, 0.4) is 0 Å². The molecule has 0 spiro atoms. The lowest BCUT2D eigenvalue weighted by molar-refractivity contribution is -0.0267. The molecule has 0 radical (unpaired) electrons. The molecule has 2 aromatic carbocycles. The third-order valence-corrected chi connectivity index (χ3v) is 8.09. The van der Waals surface area contributed by atoms with Gasteiger partial charge in [0.2, 0.25) is 0 Å². The van der Waals surface area contributed by atoms with Gasteiger partial charge in [-0.3, -0.25) is 14.3 Å². The maximum Gasteiger partial charge on any atom is 0.338 e. The number of carbonyl (C=O) groups is 2. The van der Waals surface area contributed by atoms with Crippen LogP contribution >= 0.6 is 8.60 Å². The minimum absolute atomic E-state index is 0.0673. The number of ether oxygens (including phenoxy) is 3. The number of aromatic amines is 1. The first-order valence-electron chi connectivity index (χ1n) is 15.9. The molecule has 1 aliphatic heterocycles. The average Bonchev–Trinajstić information content (AvgIpc) is 3.43. The molecule has 0 amide bonds. The van der Waals surface area contributed by atoms with Gasteiger partial charge < -0.3 is 27.8 Å². The fraction of sp³-hybridized carbons (Fsp3) is 0.471. The molecule has 1 aliphatic rings. The van der Waals surface area contributed by atoms with Crippen molar-refractivity contribution < 1.29 is 37.4 Å². The number of aromatic nitrogens is 2. The molecule has 0 unspecified atom stereocenters. The van der Waals surface area contributed by atoms with Gasteiger partial charge in [-0.1, -0.05) is 29.4 Å². The highest BCUT2D eigenvalue weighted by Gasteiger charge is 2.37. The second kappa shape index (κ2) is 16.6. The number of hydrogen-bond acceptors (Lipinski definition) is 11. The Morgan fingerprint density at radius 2 is 1.40 bits per heavy atom. The molecule has 3 aromatic rings. The molecule has 1 aromatic heterocycles. The van der Waals surface area contributed by atoms with Crippen molar-refractivity contribution in [1.29, 1.82) is 0 Å². The summed E-state index contributed by atoms with van der Waals surface area (Å²) in [6, 6.07) is 12.8. The van der Waals surface area contributed by atoms with Gasteiger partial charge in [0.1, 0.15) is 17.4 Å². The van der Waals surface area contributed by atoms with Crippen LogP contribution in [0.4, 0.5) is 0 Å². The molecule has 0 saturated carbocycles. The van der Waals surface area contributed by atoms with E-state index < -0.39 is 61.4 Å². The Labute approximate surface area is 290 Å². The zero-order valence-electron chi connectivity index (χ0n) is 29.1.